The van der Waals surface area contributed by atoms with Crippen LogP contribution in [-0.4, -0.2) is 37.7 Å². The summed E-state index contributed by atoms with van der Waals surface area (Å²) in [5.41, 5.74) is 3.69. The third-order valence-corrected chi connectivity index (χ3v) is 7.70. The first-order chi connectivity index (χ1) is 15.7. The van der Waals surface area contributed by atoms with Crippen LogP contribution < -0.4 is 10.0 Å². The fourth-order valence-corrected chi connectivity index (χ4v) is 5.65. The summed E-state index contributed by atoms with van der Waals surface area (Å²) in [4.78, 5) is 22.2. The van der Waals surface area contributed by atoms with Gasteiger partial charge < -0.3 is 5.32 Å². The van der Waals surface area contributed by atoms with E-state index in [-0.39, 0.29) is 22.6 Å². The molecule has 33 heavy (non-hydrogen) atoms. The van der Waals surface area contributed by atoms with E-state index >= 15 is 0 Å². The van der Waals surface area contributed by atoms with E-state index in [4.69, 9.17) is 0 Å². The minimum Gasteiger partial charge on any atom is -0.354 e. The molecule has 1 aliphatic heterocycles. The SMILES string of the molecule is Cc1ccc(-c2nc(CCNC(=O)[C@@H](N=C3NS(=O)(=O)c4ccccc43)C(C)C)cs2)cc1. The zero-order valence-corrected chi connectivity index (χ0v) is 20.3. The molecule has 1 amide bonds. The van der Waals surface area contributed by atoms with Gasteiger partial charge in [-0.1, -0.05) is 55.8 Å². The minimum absolute atomic E-state index is 0.109. The summed E-state index contributed by atoms with van der Waals surface area (Å²) >= 11 is 1.58. The van der Waals surface area contributed by atoms with Crippen molar-refractivity contribution in [3.05, 3.63) is 70.7 Å². The molecule has 7 nitrogen and oxygen atoms in total. The van der Waals surface area contributed by atoms with Gasteiger partial charge in [-0.25, -0.2) is 13.4 Å². The van der Waals surface area contributed by atoms with Gasteiger partial charge in [-0.2, -0.15) is 0 Å². The van der Waals surface area contributed by atoms with Crippen molar-refractivity contribution in [2.24, 2.45) is 10.9 Å². The lowest BCUT2D eigenvalue weighted by molar-refractivity contribution is -0.123. The summed E-state index contributed by atoms with van der Waals surface area (Å²) in [5, 5.41) is 5.89. The van der Waals surface area contributed by atoms with Gasteiger partial charge >= 0.3 is 0 Å². The summed E-state index contributed by atoms with van der Waals surface area (Å²) in [6.45, 7) is 6.25. The van der Waals surface area contributed by atoms with E-state index in [2.05, 4.69) is 51.2 Å². The Balaban J connectivity index is 1.41. The van der Waals surface area contributed by atoms with Gasteiger partial charge in [0.05, 0.1) is 10.6 Å². The number of carbonyl (C=O) groups is 1. The van der Waals surface area contributed by atoms with Crippen LogP contribution in [0.3, 0.4) is 0 Å². The van der Waals surface area contributed by atoms with Gasteiger partial charge in [-0.05, 0) is 25.0 Å². The lowest BCUT2D eigenvalue weighted by Crippen LogP contribution is -2.39. The molecule has 0 unspecified atom stereocenters. The Morgan fingerprint density at radius 3 is 2.61 bits per heavy atom. The second kappa shape index (κ2) is 9.44. The highest BCUT2D eigenvalue weighted by Crippen LogP contribution is 2.25. The predicted octanol–water partition coefficient (Wildman–Crippen LogP) is 3.54. The molecule has 1 aromatic heterocycles. The lowest BCUT2D eigenvalue weighted by atomic mass is 10.0. The molecule has 3 aromatic rings. The van der Waals surface area contributed by atoms with E-state index in [1.807, 2.05) is 19.2 Å². The normalized spacial score (nSPS) is 16.4. The van der Waals surface area contributed by atoms with Crippen LogP contribution in [0.4, 0.5) is 0 Å². The van der Waals surface area contributed by atoms with Crippen LogP contribution in [0, 0.1) is 12.8 Å². The standard InChI is InChI=1S/C24H26N4O3S2/c1-15(2)21(27-22-19-6-4-5-7-20(19)33(30,31)28-22)23(29)25-13-12-18-14-32-24(26-18)17-10-8-16(3)9-11-17/h4-11,14-15,21H,12-13H2,1-3H3,(H,25,29)(H,27,28)/t21-/m0/s1. The van der Waals surface area contributed by atoms with Crippen LogP contribution in [0.25, 0.3) is 10.6 Å². The molecule has 0 saturated carbocycles. The summed E-state index contributed by atoms with van der Waals surface area (Å²) in [6.07, 6.45) is 0.602. The second-order valence-electron chi connectivity index (χ2n) is 8.32. The van der Waals surface area contributed by atoms with Crippen LogP contribution in [0.5, 0.6) is 0 Å². The van der Waals surface area contributed by atoms with E-state index in [1.54, 1.807) is 29.5 Å². The van der Waals surface area contributed by atoms with Crippen molar-refractivity contribution in [2.75, 3.05) is 6.54 Å². The maximum atomic E-state index is 12.9. The molecule has 0 aliphatic carbocycles. The predicted molar refractivity (Wildman–Crippen MR) is 131 cm³/mol. The molecule has 0 spiro atoms. The molecule has 4 rings (SSSR count). The number of hydrogen-bond acceptors (Lipinski definition) is 6. The lowest BCUT2D eigenvalue weighted by Gasteiger charge is -2.17. The number of benzene rings is 2. The first-order valence-electron chi connectivity index (χ1n) is 10.7. The third-order valence-electron chi connectivity index (χ3n) is 5.36. The van der Waals surface area contributed by atoms with Gasteiger partial charge in [0.15, 0.2) is 0 Å². The quantitative estimate of drug-likeness (QED) is 0.538. The zero-order chi connectivity index (χ0) is 23.6. The van der Waals surface area contributed by atoms with Gasteiger partial charge in [0.2, 0.25) is 5.91 Å². The molecule has 0 radical (unpaired) electrons. The molecule has 9 heteroatoms. The van der Waals surface area contributed by atoms with Crippen molar-refractivity contribution in [2.45, 2.75) is 38.1 Å². The highest BCUT2D eigenvalue weighted by molar-refractivity contribution is 7.90. The first kappa shape index (κ1) is 23.1. The molecule has 0 saturated heterocycles. The highest BCUT2D eigenvalue weighted by atomic mass is 32.2. The summed E-state index contributed by atoms with van der Waals surface area (Å²) in [6, 6.07) is 14.2. The van der Waals surface area contributed by atoms with Crippen LogP contribution in [0.15, 0.2) is 63.8 Å². The van der Waals surface area contributed by atoms with Crippen molar-refractivity contribution >= 4 is 33.1 Å². The Morgan fingerprint density at radius 1 is 1.15 bits per heavy atom. The van der Waals surface area contributed by atoms with Crippen molar-refractivity contribution in [3.8, 4) is 10.6 Å². The zero-order valence-electron chi connectivity index (χ0n) is 18.7. The molecule has 1 aliphatic rings. The molecular weight excluding hydrogens is 456 g/mol. The smallest absolute Gasteiger partial charge is 0.263 e. The van der Waals surface area contributed by atoms with Crippen LogP contribution in [-0.2, 0) is 21.2 Å². The van der Waals surface area contributed by atoms with E-state index in [1.165, 1.54) is 11.6 Å². The Hall–Kier alpha value is -3.04. The largest absolute Gasteiger partial charge is 0.354 e. The number of fused-ring (bicyclic) bond motifs is 1. The fourth-order valence-electron chi connectivity index (χ4n) is 3.55. The average Bonchev–Trinajstić information content (AvgIpc) is 3.35. The molecule has 2 aromatic carbocycles. The van der Waals surface area contributed by atoms with Gasteiger partial charge in [0, 0.05) is 29.5 Å². The van der Waals surface area contributed by atoms with Gasteiger partial charge in [-0.3, -0.25) is 14.5 Å². The number of sulfonamides is 1. The van der Waals surface area contributed by atoms with Gasteiger partial charge in [0.1, 0.15) is 16.9 Å². The molecule has 0 fully saturated rings. The minimum atomic E-state index is -3.65. The fraction of sp³-hybridized carbons (Fsp3) is 0.292. The number of hydrogen-bond donors (Lipinski definition) is 2. The van der Waals surface area contributed by atoms with E-state index in [0.717, 1.165) is 16.3 Å². The van der Waals surface area contributed by atoms with Crippen LogP contribution in [0.2, 0.25) is 0 Å². The number of aromatic nitrogens is 1. The molecule has 1 atom stereocenters. The molecule has 172 valence electrons. The second-order valence-corrected chi connectivity index (χ2v) is 10.8. The van der Waals surface area contributed by atoms with Crippen LogP contribution >= 0.6 is 11.3 Å². The van der Waals surface area contributed by atoms with E-state index in [9.17, 15) is 13.2 Å². The van der Waals surface area contributed by atoms with Crippen molar-refractivity contribution in [3.63, 3.8) is 0 Å². The summed E-state index contributed by atoms with van der Waals surface area (Å²) < 4.78 is 27.1. The Morgan fingerprint density at radius 2 is 1.88 bits per heavy atom. The monoisotopic (exact) mass is 482 g/mol. The average molecular weight is 483 g/mol. The number of nitrogens with zero attached hydrogens (tertiary/aromatic N) is 2. The number of rotatable bonds is 7. The number of aliphatic imine (C=N–C) groups is 1. The van der Waals surface area contributed by atoms with E-state index in [0.29, 0.717) is 18.5 Å². The number of aryl methyl sites for hydroxylation is 1. The number of thiazole rings is 1. The van der Waals surface area contributed by atoms with Crippen molar-refractivity contribution in [1.29, 1.82) is 0 Å². The molecular formula is C24H26N4O3S2. The van der Waals surface area contributed by atoms with Gasteiger partial charge in [0.25, 0.3) is 10.0 Å². The number of amides is 1. The molecule has 2 heterocycles. The first-order valence-corrected chi connectivity index (χ1v) is 13.1. The molecule has 0 bridgehead atoms. The number of amidine groups is 1. The topological polar surface area (TPSA) is 101 Å². The number of carbonyl (C=O) groups excluding carboxylic acids is 1. The third kappa shape index (κ3) is 5.15. The van der Waals surface area contributed by atoms with E-state index < -0.39 is 16.1 Å². The van der Waals surface area contributed by atoms with Crippen molar-refractivity contribution in [1.82, 2.24) is 15.0 Å². The maximum absolute atomic E-state index is 12.9. The Kier molecular flexibility index (Phi) is 6.62. The number of nitrogens with one attached hydrogen (secondary N) is 2. The highest BCUT2D eigenvalue weighted by Gasteiger charge is 2.32. The summed E-state index contributed by atoms with van der Waals surface area (Å²) in [7, 11) is -3.65. The summed E-state index contributed by atoms with van der Waals surface area (Å²) in [5.74, 6) is -0.140. The maximum Gasteiger partial charge on any atom is 0.263 e. The Bertz CT molecular complexity index is 1300. The van der Waals surface area contributed by atoms with Gasteiger partial charge in [-0.15, -0.1) is 11.3 Å². The van der Waals surface area contributed by atoms with Crippen LogP contribution in [0.1, 0.15) is 30.7 Å². The van der Waals surface area contributed by atoms with Crippen molar-refractivity contribution < 1.29 is 13.2 Å². The molecule has 2 N–H and O–H groups in total. The Labute approximate surface area is 198 Å².